The minimum absolute atomic E-state index is 0.279. The fourth-order valence-electron chi connectivity index (χ4n) is 2.33. The Morgan fingerprint density at radius 1 is 1.21 bits per heavy atom. The number of benzene rings is 1. The molecule has 1 atom stereocenters. The monoisotopic (exact) mass is 339 g/mol. The van der Waals surface area contributed by atoms with Gasteiger partial charge >= 0.3 is 0 Å². The molecule has 1 aromatic carbocycles. The van der Waals surface area contributed by atoms with Gasteiger partial charge in [0.05, 0.1) is 40.1 Å². The molecular formula is C18H29NO5. The standard InChI is InChI=1S/C18H29NO5/c1-5-9-24-14-16(20)13-19(8-10-21-2)12-15-6-7-17(22-3)18(11-15)23-4/h5-7,11,16,20H,1,8-10,12-14H2,2-4H3/t16-/m0/s1. The van der Waals surface area contributed by atoms with E-state index < -0.39 is 6.10 Å². The summed E-state index contributed by atoms with van der Waals surface area (Å²) in [5, 5.41) is 10.1. The maximum atomic E-state index is 10.1. The Morgan fingerprint density at radius 2 is 1.96 bits per heavy atom. The summed E-state index contributed by atoms with van der Waals surface area (Å²) in [6.45, 7) is 6.77. The lowest BCUT2D eigenvalue weighted by Crippen LogP contribution is -2.36. The van der Waals surface area contributed by atoms with E-state index in [0.717, 1.165) is 5.56 Å². The second-order valence-corrected chi connectivity index (χ2v) is 5.40. The fraction of sp³-hybridized carbons (Fsp3) is 0.556. The molecule has 136 valence electrons. The van der Waals surface area contributed by atoms with Crippen molar-refractivity contribution in [2.75, 3.05) is 54.2 Å². The summed E-state index contributed by atoms with van der Waals surface area (Å²) in [6, 6.07) is 5.81. The third-order valence-corrected chi connectivity index (χ3v) is 3.48. The van der Waals surface area contributed by atoms with Crippen molar-refractivity contribution in [3.8, 4) is 11.5 Å². The summed E-state index contributed by atoms with van der Waals surface area (Å²) in [5.41, 5.74) is 1.07. The zero-order valence-electron chi connectivity index (χ0n) is 14.9. The number of nitrogens with zero attached hydrogens (tertiary/aromatic N) is 1. The van der Waals surface area contributed by atoms with Gasteiger partial charge in [0.25, 0.3) is 0 Å². The SMILES string of the molecule is C=CCOC[C@@H](O)CN(CCOC)Cc1ccc(OC)c(OC)c1. The van der Waals surface area contributed by atoms with Crippen LogP contribution in [0.4, 0.5) is 0 Å². The number of hydrogen-bond acceptors (Lipinski definition) is 6. The summed E-state index contributed by atoms with van der Waals surface area (Å²) in [4.78, 5) is 2.12. The highest BCUT2D eigenvalue weighted by atomic mass is 16.5. The molecule has 0 unspecified atom stereocenters. The minimum atomic E-state index is -0.568. The van der Waals surface area contributed by atoms with E-state index in [0.29, 0.717) is 44.3 Å². The van der Waals surface area contributed by atoms with Crippen LogP contribution in [0.1, 0.15) is 5.56 Å². The van der Waals surface area contributed by atoms with Gasteiger partial charge in [-0.1, -0.05) is 12.1 Å². The van der Waals surface area contributed by atoms with Gasteiger partial charge in [0.15, 0.2) is 11.5 Å². The van der Waals surface area contributed by atoms with Gasteiger partial charge in [0.2, 0.25) is 0 Å². The minimum Gasteiger partial charge on any atom is -0.493 e. The van der Waals surface area contributed by atoms with Crippen LogP contribution in [-0.4, -0.2) is 70.3 Å². The molecular weight excluding hydrogens is 310 g/mol. The van der Waals surface area contributed by atoms with Crippen LogP contribution in [0.3, 0.4) is 0 Å². The Bertz CT molecular complexity index is 480. The molecule has 0 spiro atoms. The molecule has 0 bridgehead atoms. The summed E-state index contributed by atoms with van der Waals surface area (Å²) >= 11 is 0. The molecule has 0 aliphatic carbocycles. The van der Waals surface area contributed by atoms with Crippen LogP contribution in [0.2, 0.25) is 0 Å². The van der Waals surface area contributed by atoms with E-state index >= 15 is 0 Å². The maximum Gasteiger partial charge on any atom is 0.161 e. The first-order valence-electron chi connectivity index (χ1n) is 7.93. The van der Waals surface area contributed by atoms with Crippen molar-refractivity contribution >= 4 is 0 Å². The van der Waals surface area contributed by atoms with Gasteiger partial charge in [-0.15, -0.1) is 6.58 Å². The van der Waals surface area contributed by atoms with Gasteiger partial charge in [-0.3, -0.25) is 4.90 Å². The lowest BCUT2D eigenvalue weighted by molar-refractivity contribution is 0.0194. The van der Waals surface area contributed by atoms with E-state index in [-0.39, 0.29) is 6.61 Å². The van der Waals surface area contributed by atoms with Crippen LogP contribution in [0.15, 0.2) is 30.9 Å². The Hall–Kier alpha value is -1.60. The van der Waals surface area contributed by atoms with E-state index in [4.69, 9.17) is 18.9 Å². The van der Waals surface area contributed by atoms with Crippen LogP contribution in [-0.2, 0) is 16.0 Å². The predicted octanol–water partition coefficient (Wildman–Crippen LogP) is 1.72. The largest absolute Gasteiger partial charge is 0.493 e. The quantitative estimate of drug-likeness (QED) is 0.436. The molecule has 0 heterocycles. The molecule has 0 fully saturated rings. The van der Waals surface area contributed by atoms with Gasteiger partial charge in [-0.25, -0.2) is 0 Å². The number of ether oxygens (including phenoxy) is 4. The average molecular weight is 339 g/mol. The summed E-state index contributed by atoms with van der Waals surface area (Å²) in [6.07, 6.45) is 1.10. The van der Waals surface area contributed by atoms with Gasteiger partial charge in [-0.05, 0) is 17.7 Å². The summed E-state index contributed by atoms with van der Waals surface area (Å²) in [5.74, 6) is 1.39. The van der Waals surface area contributed by atoms with E-state index in [1.54, 1.807) is 27.4 Å². The first kappa shape index (κ1) is 20.4. The van der Waals surface area contributed by atoms with Crippen molar-refractivity contribution in [2.24, 2.45) is 0 Å². The van der Waals surface area contributed by atoms with Crippen LogP contribution < -0.4 is 9.47 Å². The van der Waals surface area contributed by atoms with Crippen molar-refractivity contribution in [1.29, 1.82) is 0 Å². The van der Waals surface area contributed by atoms with Crippen molar-refractivity contribution in [3.05, 3.63) is 36.4 Å². The highest BCUT2D eigenvalue weighted by Gasteiger charge is 2.14. The second kappa shape index (κ2) is 11.9. The highest BCUT2D eigenvalue weighted by molar-refractivity contribution is 5.42. The van der Waals surface area contributed by atoms with Crippen molar-refractivity contribution in [3.63, 3.8) is 0 Å². The van der Waals surface area contributed by atoms with E-state index in [1.807, 2.05) is 18.2 Å². The molecule has 0 saturated heterocycles. The smallest absolute Gasteiger partial charge is 0.161 e. The Balaban J connectivity index is 2.68. The predicted molar refractivity (Wildman–Crippen MR) is 93.7 cm³/mol. The number of aliphatic hydroxyl groups is 1. The molecule has 24 heavy (non-hydrogen) atoms. The maximum absolute atomic E-state index is 10.1. The molecule has 6 nitrogen and oxygen atoms in total. The molecule has 1 aromatic rings. The average Bonchev–Trinajstić information content (AvgIpc) is 2.59. The third kappa shape index (κ3) is 7.31. The van der Waals surface area contributed by atoms with E-state index in [2.05, 4.69) is 11.5 Å². The molecule has 6 heteroatoms. The van der Waals surface area contributed by atoms with Gasteiger partial charge in [0, 0.05) is 26.7 Å². The number of hydrogen-bond donors (Lipinski definition) is 1. The highest BCUT2D eigenvalue weighted by Crippen LogP contribution is 2.28. The molecule has 0 radical (unpaired) electrons. The normalized spacial score (nSPS) is 12.2. The van der Waals surface area contributed by atoms with Crippen molar-refractivity contribution in [2.45, 2.75) is 12.6 Å². The van der Waals surface area contributed by atoms with Crippen molar-refractivity contribution in [1.82, 2.24) is 4.90 Å². The Morgan fingerprint density at radius 3 is 2.58 bits per heavy atom. The van der Waals surface area contributed by atoms with Crippen LogP contribution >= 0.6 is 0 Å². The summed E-state index contributed by atoms with van der Waals surface area (Å²) in [7, 11) is 4.89. The molecule has 1 rings (SSSR count). The lowest BCUT2D eigenvalue weighted by atomic mass is 10.1. The lowest BCUT2D eigenvalue weighted by Gasteiger charge is -2.25. The molecule has 1 N–H and O–H groups in total. The van der Waals surface area contributed by atoms with Gasteiger partial charge < -0.3 is 24.1 Å². The Labute approximate surface area is 144 Å². The molecule has 0 saturated carbocycles. The molecule has 0 aliphatic heterocycles. The first-order chi connectivity index (χ1) is 11.6. The fourth-order valence-corrected chi connectivity index (χ4v) is 2.33. The van der Waals surface area contributed by atoms with Crippen LogP contribution in [0, 0.1) is 0 Å². The number of rotatable bonds is 13. The van der Waals surface area contributed by atoms with Crippen LogP contribution in [0.5, 0.6) is 11.5 Å². The van der Waals surface area contributed by atoms with Crippen LogP contribution in [0.25, 0.3) is 0 Å². The van der Waals surface area contributed by atoms with Gasteiger partial charge in [0.1, 0.15) is 0 Å². The second-order valence-electron chi connectivity index (χ2n) is 5.40. The van der Waals surface area contributed by atoms with E-state index in [9.17, 15) is 5.11 Å². The number of methoxy groups -OCH3 is 3. The Kier molecular flexibility index (Phi) is 10.1. The van der Waals surface area contributed by atoms with E-state index in [1.165, 1.54) is 0 Å². The van der Waals surface area contributed by atoms with Crippen molar-refractivity contribution < 1.29 is 24.1 Å². The third-order valence-electron chi connectivity index (χ3n) is 3.48. The zero-order valence-corrected chi connectivity index (χ0v) is 14.9. The molecule has 0 amide bonds. The zero-order chi connectivity index (χ0) is 17.8. The topological polar surface area (TPSA) is 60.4 Å². The summed E-state index contributed by atoms with van der Waals surface area (Å²) < 4.78 is 21.1. The number of aliphatic hydroxyl groups excluding tert-OH is 1. The van der Waals surface area contributed by atoms with Gasteiger partial charge in [-0.2, -0.15) is 0 Å². The first-order valence-corrected chi connectivity index (χ1v) is 7.93. The molecule has 0 aliphatic rings. The molecule has 0 aromatic heterocycles.